The van der Waals surface area contributed by atoms with Crippen molar-refractivity contribution >= 4 is 16.8 Å². The molecular formula is C20H25N3O4. The van der Waals surface area contributed by atoms with E-state index in [0.717, 1.165) is 12.8 Å². The van der Waals surface area contributed by atoms with Crippen LogP contribution in [-0.2, 0) is 16.1 Å². The zero-order valence-electron chi connectivity index (χ0n) is 15.5. The van der Waals surface area contributed by atoms with Crippen molar-refractivity contribution in [3.63, 3.8) is 0 Å². The van der Waals surface area contributed by atoms with Gasteiger partial charge >= 0.3 is 0 Å². The number of para-hydroxylation sites is 1. The Morgan fingerprint density at radius 2 is 2.19 bits per heavy atom. The maximum Gasteiger partial charge on any atom is 0.261 e. The van der Waals surface area contributed by atoms with E-state index >= 15 is 0 Å². The standard InChI is InChI=1S/C20H25N3O4/c1-27-20-8-6-14(24)12-17(20)23(11-9-20)18(25)7-10-22-13-21-16-5-3-2-4-15(16)19(22)26/h2-5,13-14,17,24H,6-12H2,1H3/t14-,17+,20-/m1/s1. The fourth-order valence-electron chi connectivity index (χ4n) is 4.60. The fraction of sp³-hybridized carbons (Fsp3) is 0.550. The quantitative estimate of drug-likeness (QED) is 0.876. The normalized spacial score (nSPS) is 27.7. The number of aryl methyl sites for hydroxylation is 1. The van der Waals surface area contributed by atoms with Crippen LogP contribution >= 0.6 is 0 Å². The molecule has 0 bridgehead atoms. The van der Waals surface area contributed by atoms with Crippen LogP contribution in [0.15, 0.2) is 35.4 Å². The van der Waals surface area contributed by atoms with Crippen LogP contribution in [-0.4, -0.2) is 56.9 Å². The summed E-state index contributed by atoms with van der Waals surface area (Å²) < 4.78 is 7.29. The Bertz CT molecular complexity index is 911. The molecule has 2 fully saturated rings. The molecule has 1 amide bonds. The summed E-state index contributed by atoms with van der Waals surface area (Å²) >= 11 is 0. The molecule has 1 aromatic carbocycles. The van der Waals surface area contributed by atoms with Gasteiger partial charge in [-0.05, 0) is 37.8 Å². The number of benzene rings is 1. The summed E-state index contributed by atoms with van der Waals surface area (Å²) in [4.78, 5) is 31.6. The third kappa shape index (κ3) is 3.15. The third-order valence-electron chi connectivity index (χ3n) is 6.18. The van der Waals surface area contributed by atoms with Crippen LogP contribution < -0.4 is 5.56 Å². The van der Waals surface area contributed by atoms with Crippen LogP contribution in [0.3, 0.4) is 0 Å². The van der Waals surface area contributed by atoms with Gasteiger partial charge in [0.05, 0.1) is 35.0 Å². The molecule has 27 heavy (non-hydrogen) atoms. The minimum atomic E-state index is -0.390. The fourth-order valence-corrected chi connectivity index (χ4v) is 4.60. The molecule has 1 aromatic heterocycles. The minimum absolute atomic E-state index is 0.00640. The lowest BCUT2D eigenvalue weighted by Gasteiger charge is -2.42. The number of ether oxygens (including phenoxy) is 1. The second-order valence-electron chi connectivity index (χ2n) is 7.56. The minimum Gasteiger partial charge on any atom is -0.393 e. The van der Waals surface area contributed by atoms with E-state index in [1.54, 1.807) is 19.2 Å². The average molecular weight is 371 g/mol. The molecule has 7 nitrogen and oxygen atoms in total. The number of likely N-dealkylation sites (tertiary alicyclic amines) is 1. The molecule has 0 spiro atoms. The largest absolute Gasteiger partial charge is 0.393 e. The zero-order valence-corrected chi connectivity index (χ0v) is 15.5. The molecule has 3 atom stereocenters. The van der Waals surface area contributed by atoms with E-state index in [0.29, 0.717) is 36.8 Å². The number of amides is 1. The molecule has 2 heterocycles. The Hall–Kier alpha value is -2.25. The van der Waals surface area contributed by atoms with E-state index in [2.05, 4.69) is 4.98 Å². The number of aliphatic hydroxyl groups excluding tert-OH is 1. The summed E-state index contributed by atoms with van der Waals surface area (Å²) in [6.07, 6.45) is 4.18. The molecule has 1 aliphatic heterocycles. The Morgan fingerprint density at radius 3 is 3.00 bits per heavy atom. The molecule has 1 saturated heterocycles. The van der Waals surface area contributed by atoms with Gasteiger partial charge in [-0.3, -0.25) is 14.2 Å². The van der Waals surface area contributed by atoms with Gasteiger partial charge in [0.1, 0.15) is 0 Å². The van der Waals surface area contributed by atoms with E-state index in [4.69, 9.17) is 4.74 Å². The predicted molar refractivity (Wildman–Crippen MR) is 100 cm³/mol. The molecule has 1 N–H and O–H groups in total. The second kappa shape index (κ2) is 7.05. The Morgan fingerprint density at radius 1 is 1.37 bits per heavy atom. The highest BCUT2D eigenvalue weighted by molar-refractivity contribution is 5.78. The first kappa shape index (κ1) is 18.1. The molecule has 2 aliphatic rings. The topological polar surface area (TPSA) is 84.7 Å². The summed E-state index contributed by atoms with van der Waals surface area (Å²) in [6, 6.07) is 7.11. The number of rotatable bonds is 4. The molecule has 2 aromatic rings. The van der Waals surface area contributed by atoms with Gasteiger partial charge in [-0.2, -0.15) is 0 Å². The summed E-state index contributed by atoms with van der Waals surface area (Å²) in [7, 11) is 1.69. The first-order chi connectivity index (χ1) is 13.0. The number of hydrogen-bond acceptors (Lipinski definition) is 5. The van der Waals surface area contributed by atoms with Gasteiger partial charge in [-0.1, -0.05) is 12.1 Å². The summed E-state index contributed by atoms with van der Waals surface area (Å²) in [6.45, 7) is 0.927. The SMILES string of the molecule is CO[C@@]12CC[C@@H](O)C[C@@H]1N(C(=O)CCn1cnc3ccccc3c1=O)CC2. The molecule has 0 unspecified atom stereocenters. The molecule has 0 radical (unpaired) electrons. The van der Waals surface area contributed by atoms with Crippen molar-refractivity contribution in [3.8, 4) is 0 Å². The van der Waals surface area contributed by atoms with E-state index in [9.17, 15) is 14.7 Å². The van der Waals surface area contributed by atoms with Gasteiger partial charge in [0, 0.05) is 26.6 Å². The van der Waals surface area contributed by atoms with Crippen LogP contribution in [0.5, 0.6) is 0 Å². The van der Waals surface area contributed by atoms with Crippen molar-refractivity contribution in [2.24, 2.45) is 0 Å². The van der Waals surface area contributed by atoms with Crippen molar-refractivity contribution in [2.45, 2.75) is 56.4 Å². The molecule has 144 valence electrons. The third-order valence-corrected chi connectivity index (χ3v) is 6.18. The maximum atomic E-state index is 12.9. The molecule has 1 aliphatic carbocycles. The van der Waals surface area contributed by atoms with Gasteiger partial charge in [-0.15, -0.1) is 0 Å². The van der Waals surface area contributed by atoms with E-state index in [-0.39, 0.29) is 35.6 Å². The highest BCUT2D eigenvalue weighted by atomic mass is 16.5. The van der Waals surface area contributed by atoms with E-state index < -0.39 is 0 Å². The number of carbonyl (C=O) groups excluding carboxylic acids is 1. The van der Waals surface area contributed by atoms with Crippen LogP contribution in [0.2, 0.25) is 0 Å². The van der Waals surface area contributed by atoms with Crippen molar-refractivity contribution in [1.82, 2.24) is 14.5 Å². The number of aliphatic hydroxyl groups is 1. The van der Waals surface area contributed by atoms with E-state index in [1.807, 2.05) is 17.0 Å². The second-order valence-corrected chi connectivity index (χ2v) is 7.56. The smallest absolute Gasteiger partial charge is 0.261 e. The Balaban J connectivity index is 1.48. The van der Waals surface area contributed by atoms with Crippen molar-refractivity contribution in [1.29, 1.82) is 0 Å². The predicted octanol–water partition coefficient (Wildman–Crippen LogP) is 1.32. The lowest BCUT2D eigenvalue weighted by Crippen LogP contribution is -2.52. The van der Waals surface area contributed by atoms with Crippen LogP contribution in [0.4, 0.5) is 0 Å². The van der Waals surface area contributed by atoms with Gasteiger partial charge in [0.15, 0.2) is 0 Å². The lowest BCUT2D eigenvalue weighted by atomic mass is 9.79. The Labute approximate surface area is 157 Å². The first-order valence-electron chi connectivity index (χ1n) is 9.51. The van der Waals surface area contributed by atoms with Gasteiger partial charge < -0.3 is 14.7 Å². The van der Waals surface area contributed by atoms with E-state index in [1.165, 1.54) is 10.9 Å². The van der Waals surface area contributed by atoms with Crippen LogP contribution in [0.25, 0.3) is 10.9 Å². The van der Waals surface area contributed by atoms with Gasteiger partial charge in [-0.25, -0.2) is 4.98 Å². The first-order valence-corrected chi connectivity index (χ1v) is 9.51. The monoisotopic (exact) mass is 371 g/mol. The lowest BCUT2D eigenvalue weighted by molar-refractivity contribution is -0.140. The molecule has 4 rings (SSSR count). The summed E-state index contributed by atoms with van der Waals surface area (Å²) in [5.74, 6) is -0.00640. The molecule has 1 saturated carbocycles. The van der Waals surface area contributed by atoms with Crippen molar-refractivity contribution < 1.29 is 14.6 Å². The number of carbonyl (C=O) groups is 1. The highest BCUT2D eigenvalue weighted by Crippen LogP contribution is 2.42. The molecule has 7 heteroatoms. The number of nitrogens with zero attached hydrogens (tertiary/aromatic N) is 3. The maximum absolute atomic E-state index is 12.9. The number of fused-ring (bicyclic) bond motifs is 2. The average Bonchev–Trinajstić information content (AvgIpc) is 3.07. The zero-order chi connectivity index (χ0) is 19.0. The Kier molecular flexibility index (Phi) is 4.74. The highest BCUT2D eigenvalue weighted by Gasteiger charge is 2.52. The summed E-state index contributed by atoms with van der Waals surface area (Å²) in [5, 5.41) is 10.6. The van der Waals surface area contributed by atoms with Gasteiger partial charge in [0.2, 0.25) is 5.91 Å². The van der Waals surface area contributed by atoms with Crippen LogP contribution in [0, 0.1) is 0 Å². The number of aromatic nitrogens is 2. The van der Waals surface area contributed by atoms with Gasteiger partial charge in [0.25, 0.3) is 5.56 Å². The number of methoxy groups -OCH3 is 1. The van der Waals surface area contributed by atoms with Crippen molar-refractivity contribution in [2.75, 3.05) is 13.7 Å². The number of hydrogen-bond donors (Lipinski definition) is 1. The van der Waals surface area contributed by atoms with Crippen LogP contribution in [0.1, 0.15) is 32.1 Å². The molecular weight excluding hydrogens is 346 g/mol. The van der Waals surface area contributed by atoms with Crippen molar-refractivity contribution in [3.05, 3.63) is 40.9 Å². The summed E-state index contributed by atoms with van der Waals surface area (Å²) in [5.41, 5.74) is 0.191.